The third kappa shape index (κ3) is 4.30. The minimum Gasteiger partial charge on any atom is -0.352 e. The van der Waals surface area contributed by atoms with Gasteiger partial charge in [0.1, 0.15) is 0 Å². The SMILES string of the molecule is Cc1c(C(=O)NCC2CCCC(C)C2)cnn1CCCN. The molecule has 2 atom stereocenters. The maximum Gasteiger partial charge on any atom is 0.254 e. The molecule has 21 heavy (non-hydrogen) atoms. The van der Waals surface area contributed by atoms with E-state index in [4.69, 9.17) is 5.73 Å². The summed E-state index contributed by atoms with van der Waals surface area (Å²) >= 11 is 0. The summed E-state index contributed by atoms with van der Waals surface area (Å²) in [7, 11) is 0. The molecule has 0 aromatic carbocycles. The van der Waals surface area contributed by atoms with Crippen LogP contribution in [0.25, 0.3) is 0 Å². The van der Waals surface area contributed by atoms with Crippen molar-refractivity contribution < 1.29 is 4.79 Å². The molecule has 1 saturated carbocycles. The molecule has 1 fully saturated rings. The largest absolute Gasteiger partial charge is 0.352 e. The summed E-state index contributed by atoms with van der Waals surface area (Å²) < 4.78 is 1.87. The average Bonchev–Trinajstić information content (AvgIpc) is 2.84. The quantitative estimate of drug-likeness (QED) is 0.843. The van der Waals surface area contributed by atoms with Crippen LogP contribution in [0.15, 0.2) is 6.20 Å². The number of aryl methyl sites for hydroxylation is 1. The zero-order chi connectivity index (χ0) is 15.2. The Kier molecular flexibility index (Phi) is 5.79. The van der Waals surface area contributed by atoms with Crippen molar-refractivity contribution >= 4 is 5.91 Å². The van der Waals surface area contributed by atoms with E-state index in [1.165, 1.54) is 25.7 Å². The van der Waals surface area contributed by atoms with Gasteiger partial charge in [0.15, 0.2) is 0 Å². The van der Waals surface area contributed by atoms with Crippen molar-refractivity contribution in [3.05, 3.63) is 17.5 Å². The van der Waals surface area contributed by atoms with Gasteiger partial charge in [0.2, 0.25) is 0 Å². The van der Waals surface area contributed by atoms with Crippen molar-refractivity contribution in [2.75, 3.05) is 13.1 Å². The van der Waals surface area contributed by atoms with Gasteiger partial charge in [-0.3, -0.25) is 9.48 Å². The number of rotatable bonds is 6. The van der Waals surface area contributed by atoms with Gasteiger partial charge in [-0.15, -0.1) is 0 Å². The monoisotopic (exact) mass is 292 g/mol. The molecular weight excluding hydrogens is 264 g/mol. The number of nitrogens with one attached hydrogen (secondary N) is 1. The van der Waals surface area contributed by atoms with E-state index in [1.807, 2.05) is 11.6 Å². The van der Waals surface area contributed by atoms with Gasteiger partial charge in [-0.25, -0.2) is 0 Å². The van der Waals surface area contributed by atoms with Crippen LogP contribution < -0.4 is 11.1 Å². The first-order valence-electron chi connectivity index (χ1n) is 8.12. The molecule has 1 aromatic rings. The minimum atomic E-state index is 0.00438. The van der Waals surface area contributed by atoms with E-state index >= 15 is 0 Å². The van der Waals surface area contributed by atoms with Gasteiger partial charge in [-0.05, 0) is 44.6 Å². The number of nitrogens with two attached hydrogens (primary N) is 1. The van der Waals surface area contributed by atoms with Crippen molar-refractivity contribution in [2.45, 2.75) is 52.5 Å². The molecule has 0 bridgehead atoms. The molecule has 1 aliphatic carbocycles. The fourth-order valence-electron chi connectivity index (χ4n) is 3.21. The lowest BCUT2D eigenvalue weighted by molar-refractivity contribution is 0.0940. The third-order valence-electron chi connectivity index (χ3n) is 4.52. The molecule has 1 heterocycles. The summed E-state index contributed by atoms with van der Waals surface area (Å²) in [6.45, 7) is 6.45. The van der Waals surface area contributed by atoms with Gasteiger partial charge in [0.25, 0.3) is 5.91 Å². The molecular formula is C16H28N4O. The molecule has 0 radical (unpaired) electrons. The molecule has 0 spiro atoms. The molecule has 1 aliphatic rings. The lowest BCUT2D eigenvalue weighted by atomic mass is 9.82. The number of nitrogens with zero attached hydrogens (tertiary/aromatic N) is 2. The standard InChI is InChI=1S/C16H28N4O/c1-12-5-3-6-14(9-12)10-18-16(21)15-11-19-20(13(15)2)8-4-7-17/h11-12,14H,3-10,17H2,1-2H3,(H,18,21). The smallest absolute Gasteiger partial charge is 0.254 e. The van der Waals surface area contributed by atoms with Gasteiger partial charge < -0.3 is 11.1 Å². The van der Waals surface area contributed by atoms with E-state index < -0.39 is 0 Å². The molecule has 0 aliphatic heterocycles. The van der Waals surface area contributed by atoms with E-state index in [-0.39, 0.29) is 5.91 Å². The number of hydrogen-bond donors (Lipinski definition) is 2. The summed E-state index contributed by atoms with van der Waals surface area (Å²) in [6, 6.07) is 0. The molecule has 3 N–H and O–H groups in total. The summed E-state index contributed by atoms with van der Waals surface area (Å²) in [6.07, 6.45) is 7.64. The third-order valence-corrected chi connectivity index (χ3v) is 4.52. The van der Waals surface area contributed by atoms with Crippen molar-refractivity contribution in [1.29, 1.82) is 0 Å². The van der Waals surface area contributed by atoms with E-state index in [0.29, 0.717) is 18.0 Å². The van der Waals surface area contributed by atoms with Crippen molar-refractivity contribution in [3.8, 4) is 0 Å². The summed E-state index contributed by atoms with van der Waals surface area (Å²) in [4.78, 5) is 12.3. The Bertz CT molecular complexity index is 469. The predicted octanol–water partition coefficient (Wildman–Crippen LogP) is 2.10. The number of carbonyl (C=O) groups excluding carboxylic acids is 1. The van der Waals surface area contributed by atoms with Crippen molar-refractivity contribution in [1.82, 2.24) is 15.1 Å². The number of aromatic nitrogens is 2. The molecule has 5 heteroatoms. The Labute approximate surface area is 127 Å². The predicted molar refractivity (Wildman–Crippen MR) is 84.1 cm³/mol. The van der Waals surface area contributed by atoms with Crippen LogP contribution in [-0.4, -0.2) is 28.8 Å². The second-order valence-corrected chi connectivity index (χ2v) is 6.36. The molecule has 118 valence electrons. The van der Waals surface area contributed by atoms with E-state index in [9.17, 15) is 4.79 Å². The highest BCUT2D eigenvalue weighted by Crippen LogP contribution is 2.27. The Morgan fingerprint density at radius 3 is 3.05 bits per heavy atom. The lowest BCUT2D eigenvalue weighted by Gasteiger charge is -2.26. The fraction of sp³-hybridized carbons (Fsp3) is 0.750. The van der Waals surface area contributed by atoms with E-state index in [2.05, 4.69) is 17.3 Å². The second-order valence-electron chi connectivity index (χ2n) is 6.36. The molecule has 1 aromatic heterocycles. The molecule has 2 rings (SSSR count). The van der Waals surface area contributed by atoms with Crippen LogP contribution >= 0.6 is 0 Å². The Morgan fingerprint density at radius 2 is 2.33 bits per heavy atom. The van der Waals surface area contributed by atoms with E-state index in [1.54, 1.807) is 6.20 Å². The van der Waals surface area contributed by atoms with Gasteiger partial charge in [0.05, 0.1) is 11.8 Å². The highest BCUT2D eigenvalue weighted by atomic mass is 16.1. The number of carbonyl (C=O) groups is 1. The molecule has 0 saturated heterocycles. The summed E-state index contributed by atoms with van der Waals surface area (Å²) in [5, 5.41) is 7.36. The molecule has 2 unspecified atom stereocenters. The van der Waals surface area contributed by atoms with Gasteiger partial charge >= 0.3 is 0 Å². The Morgan fingerprint density at radius 1 is 1.52 bits per heavy atom. The first-order chi connectivity index (χ1) is 10.1. The van der Waals surface area contributed by atoms with Crippen LogP contribution in [0.1, 0.15) is 55.1 Å². The topological polar surface area (TPSA) is 72.9 Å². The number of hydrogen-bond acceptors (Lipinski definition) is 3. The van der Waals surface area contributed by atoms with E-state index in [0.717, 1.165) is 31.1 Å². The first kappa shape index (κ1) is 16.0. The Balaban J connectivity index is 1.87. The highest BCUT2D eigenvalue weighted by Gasteiger charge is 2.20. The summed E-state index contributed by atoms with van der Waals surface area (Å²) in [5.74, 6) is 1.43. The maximum absolute atomic E-state index is 12.3. The normalized spacial score (nSPS) is 22.2. The zero-order valence-corrected chi connectivity index (χ0v) is 13.3. The van der Waals surface area contributed by atoms with Crippen LogP contribution in [0.4, 0.5) is 0 Å². The molecule has 5 nitrogen and oxygen atoms in total. The van der Waals surface area contributed by atoms with Gasteiger partial charge in [-0.1, -0.05) is 19.8 Å². The fourth-order valence-corrected chi connectivity index (χ4v) is 3.21. The maximum atomic E-state index is 12.3. The average molecular weight is 292 g/mol. The van der Waals surface area contributed by atoms with Crippen molar-refractivity contribution in [2.24, 2.45) is 17.6 Å². The lowest BCUT2D eigenvalue weighted by Crippen LogP contribution is -2.31. The van der Waals surface area contributed by atoms with Crippen LogP contribution in [0, 0.1) is 18.8 Å². The first-order valence-corrected chi connectivity index (χ1v) is 8.12. The van der Waals surface area contributed by atoms with Gasteiger partial charge in [0, 0.05) is 18.8 Å². The molecule has 1 amide bonds. The zero-order valence-electron chi connectivity index (χ0n) is 13.3. The number of amides is 1. The van der Waals surface area contributed by atoms with Crippen LogP contribution in [0.5, 0.6) is 0 Å². The van der Waals surface area contributed by atoms with Gasteiger partial charge in [-0.2, -0.15) is 5.10 Å². The minimum absolute atomic E-state index is 0.00438. The van der Waals surface area contributed by atoms with Crippen molar-refractivity contribution in [3.63, 3.8) is 0 Å². The second kappa shape index (κ2) is 7.59. The summed E-state index contributed by atoms with van der Waals surface area (Å²) in [5.41, 5.74) is 7.13. The van der Waals surface area contributed by atoms with Crippen LogP contribution in [0.3, 0.4) is 0 Å². The Hall–Kier alpha value is -1.36. The van der Waals surface area contributed by atoms with Crippen LogP contribution in [0.2, 0.25) is 0 Å². The highest BCUT2D eigenvalue weighted by molar-refractivity contribution is 5.95. The van der Waals surface area contributed by atoms with Crippen LogP contribution in [-0.2, 0) is 6.54 Å².